The fourth-order valence-electron chi connectivity index (χ4n) is 1.93. The highest BCUT2D eigenvalue weighted by atomic mass is 35.5. The molecule has 0 aliphatic heterocycles. The van der Waals surface area contributed by atoms with Crippen molar-refractivity contribution in [2.24, 2.45) is 0 Å². The topological polar surface area (TPSA) is 46.5 Å². The third kappa shape index (κ3) is 3.71. The van der Waals surface area contributed by atoms with E-state index in [4.69, 9.17) is 16.3 Å². The Hall–Kier alpha value is -1.65. The van der Waals surface area contributed by atoms with Gasteiger partial charge >= 0.3 is 5.97 Å². The quantitative estimate of drug-likeness (QED) is 0.763. The maximum atomic E-state index is 11.5. The number of hydrogen-bond donors (Lipinski definition) is 1. The maximum Gasteiger partial charge on any atom is 0.340 e. The lowest BCUT2D eigenvalue weighted by Crippen LogP contribution is -2.03. The first kappa shape index (κ1) is 15.7. The molecule has 0 amide bonds. The number of ether oxygens (including phenoxy) is 1. The maximum absolute atomic E-state index is 11.5. The van der Waals surface area contributed by atoms with Crippen molar-refractivity contribution in [3.8, 4) is 11.5 Å². The number of benzene rings is 2. The van der Waals surface area contributed by atoms with Gasteiger partial charge < -0.3 is 9.84 Å². The summed E-state index contributed by atoms with van der Waals surface area (Å²) in [7, 11) is 0. The van der Waals surface area contributed by atoms with Gasteiger partial charge in [-0.15, -0.1) is 11.8 Å². The molecule has 0 aliphatic rings. The average molecular weight is 323 g/mol. The molecule has 0 aromatic heterocycles. The van der Waals surface area contributed by atoms with Gasteiger partial charge in [-0.05, 0) is 48.6 Å². The minimum Gasteiger partial charge on any atom is -0.478 e. The third-order valence-electron chi connectivity index (χ3n) is 2.86. The molecule has 0 heterocycles. The summed E-state index contributed by atoms with van der Waals surface area (Å²) < 4.78 is 5.79. The fraction of sp³-hybridized carbons (Fsp3) is 0.188. The monoisotopic (exact) mass is 322 g/mol. The normalized spacial score (nSPS) is 10.4. The van der Waals surface area contributed by atoms with Crippen LogP contribution in [0.15, 0.2) is 41.3 Å². The van der Waals surface area contributed by atoms with Crippen molar-refractivity contribution in [1.29, 1.82) is 0 Å². The van der Waals surface area contributed by atoms with Crippen LogP contribution in [0.1, 0.15) is 22.8 Å². The molecule has 0 spiro atoms. The van der Waals surface area contributed by atoms with E-state index in [-0.39, 0.29) is 5.56 Å². The minimum absolute atomic E-state index is 0.193. The summed E-state index contributed by atoms with van der Waals surface area (Å²) in [6.45, 7) is 3.85. The van der Waals surface area contributed by atoms with Crippen LogP contribution in [-0.2, 0) is 0 Å². The molecular formula is C16H15ClO3S. The van der Waals surface area contributed by atoms with Gasteiger partial charge in [0.1, 0.15) is 17.1 Å². The van der Waals surface area contributed by atoms with E-state index in [1.54, 1.807) is 36.4 Å². The molecule has 0 saturated carbocycles. The first-order valence-corrected chi connectivity index (χ1v) is 7.82. The first-order chi connectivity index (χ1) is 10.0. The molecule has 0 unspecified atom stereocenters. The van der Waals surface area contributed by atoms with Crippen molar-refractivity contribution in [3.63, 3.8) is 0 Å². The zero-order valence-corrected chi connectivity index (χ0v) is 13.3. The van der Waals surface area contributed by atoms with Gasteiger partial charge in [0, 0.05) is 9.92 Å². The van der Waals surface area contributed by atoms with Crippen LogP contribution in [0.3, 0.4) is 0 Å². The number of halogens is 1. The Balaban J connectivity index is 2.43. The lowest BCUT2D eigenvalue weighted by Gasteiger charge is -2.13. The predicted octanol–water partition coefficient (Wildman–Crippen LogP) is 5.25. The van der Waals surface area contributed by atoms with Crippen molar-refractivity contribution in [3.05, 3.63) is 52.5 Å². The summed E-state index contributed by atoms with van der Waals surface area (Å²) in [5.41, 5.74) is 1.05. The van der Waals surface area contributed by atoms with Gasteiger partial charge in [0.2, 0.25) is 0 Å². The van der Waals surface area contributed by atoms with E-state index >= 15 is 0 Å². The molecule has 3 nitrogen and oxygen atoms in total. The van der Waals surface area contributed by atoms with E-state index in [0.29, 0.717) is 21.4 Å². The molecule has 0 bridgehead atoms. The SMILES string of the molecule is CCSc1cccc(Oc2ccc(Cl)cc2C)c1C(=O)O. The lowest BCUT2D eigenvalue weighted by molar-refractivity contribution is 0.0690. The second kappa shape index (κ2) is 6.87. The molecule has 0 aliphatic carbocycles. The van der Waals surface area contributed by atoms with Gasteiger partial charge in [-0.1, -0.05) is 24.6 Å². The van der Waals surface area contributed by atoms with Crippen LogP contribution >= 0.6 is 23.4 Å². The third-order valence-corrected chi connectivity index (χ3v) is 4.03. The van der Waals surface area contributed by atoms with Gasteiger partial charge in [0.05, 0.1) is 0 Å². The Morgan fingerprint density at radius 3 is 2.67 bits per heavy atom. The van der Waals surface area contributed by atoms with Gasteiger partial charge in [-0.25, -0.2) is 4.79 Å². The minimum atomic E-state index is -0.992. The highest BCUT2D eigenvalue weighted by molar-refractivity contribution is 7.99. The van der Waals surface area contributed by atoms with Gasteiger partial charge in [0.25, 0.3) is 0 Å². The number of aromatic carboxylic acids is 1. The van der Waals surface area contributed by atoms with Crippen LogP contribution in [0.5, 0.6) is 11.5 Å². The van der Waals surface area contributed by atoms with E-state index in [2.05, 4.69) is 0 Å². The molecule has 0 saturated heterocycles. The molecule has 2 aromatic carbocycles. The van der Waals surface area contributed by atoms with Gasteiger partial charge in [-0.3, -0.25) is 0 Å². The molecule has 21 heavy (non-hydrogen) atoms. The number of carbonyl (C=O) groups is 1. The highest BCUT2D eigenvalue weighted by Gasteiger charge is 2.17. The number of thioether (sulfide) groups is 1. The van der Waals surface area contributed by atoms with E-state index < -0.39 is 5.97 Å². The van der Waals surface area contributed by atoms with Gasteiger partial charge in [-0.2, -0.15) is 0 Å². The fourth-order valence-corrected chi connectivity index (χ4v) is 2.97. The van der Waals surface area contributed by atoms with Crippen LogP contribution in [0, 0.1) is 6.92 Å². The van der Waals surface area contributed by atoms with Crippen molar-refractivity contribution in [2.45, 2.75) is 18.7 Å². The Bertz CT molecular complexity index is 671. The second-order valence-corrected chi connectivity index (χ2v) is 6.12. The highest BCUT2D eigenvalue weighted by Crippen LogP contribution is 2.34. The molecule has 5 heteroatoms. The summed E-state index contributed by atoms with van der Waals surface area (Å²) in [5.74, 6) is 0.740. The number of hydrogen-bond acceptors (Lipinski definition) is 3. The largest absolute Gasteiger partial charge is 0.478 e. The lowest BCUT2D eigenvalue weighted by atomic mass is 10.2. The number of carboxylic acids is 1. The van der Waals surface area contributed by atoms with E-state index in [9.17, 15) is 9.90 Å². The Kier molecular flexibility index (Phi) is 5.15. The standard InChI is InChI=1S/C16H15ClO3S/c1-3-21-14-6-4-5-13(15(14)16(18)19)20-12-8-7-11(17)9-10(12)2/h4-9H,3H2,1-2H3,(H,18,19). The van der Waals surface area contributed by atoms with Crippen molar-refractivity contribution in [1.82, 2.24) is 0 Å². The van der Waals surface area contributed by atoms with Crippen LogP contribution in [0.4, 0.5) is 0 Å². The van der Waals surface area contributed by atoms with E-state index in [1.807, 2.05) is 13.8 Å². The molecule has 110 valence electrons. The number of aryl methyl sites for hydroxylation is 1. The summed E-state index contributed by atoms with van der Waals surface area (Å²) in [6, 6.07) is 10.5. The summed E-state index contributed by atoms with van der Waals surface area (Å²) in [4.78, 5) is 12.2. The number of carboxylic acid groups (broad SMARTS) is 1. The van der Waals surface area contributed by atoms with E-state index in [0.717, 1.165) is 11.3 Å². The van der Waals surface area contributed by atoms with E-state index in [1.165, 1.54) is 11.8 Å². The molecule has 0 fully saturated rings. The number of rotatable bonds is 5. The molecule has 1 N–H and O–H groups in total. The predicted molar refractivity (Wildman–Crippen MR) is 86.1 cm³/mol. The van der Waals surface area contributed by atoms with Gasteiger partial charge in [0.15, 0.2) is 0 Å². The van der Waals surface area contributed by atoms with Crippen molar-refractivity contribution >= 4 is 29.3 Å². The molecular weight excluding hydrogens is 308 g/mol. The summed E-state index contributed by atoms with van der Waals surface area (Å²) in [5, 5.41) is 10.1. The van der Waals surface area contributed by atoms with Crippen molar-refractivity contribution in [2.75, 3.05) is 5.75 Å². The smallest absolute Gasteiger partial charge is 0.340 e. The summed E-state index contributed by atoms with van der Waals surface area (Å²) in [6.07, 6.45) is 0. The molecule has 0 radical (unpaired) electrons. The van der Waals surface area contributed by atoms with Crippen LogP contribution in [-0.4, -0.2) is 16.8 Å². The average Bonchev–Trinajstić information content (AvgIpc) is 2.42. The van der Waals surface area contributed by atoms with Crippen LogP contribution < -0.4 is 4.74 Å². The second-order valence-electron chi connectivity index (χ2n) is 4.38. The molecule has 0 atom stereocenters. The Morgan fingerprint density at radius 1 is 1.29 bits per heavy atom. The summed E-state index contributed by atoms with van der Waals surface area (Å²) >= 11 is 7.39. The zero-order valence-electron chi connectivity index (χ0n) is 11.7. The Labute approximate surface area is 132 Å². The van der Waals surface area contributed by atoms with Crippen LogP contribution in [0.25, 0.3) is 0 Å². The van der Waals surface area contributed by atoms with Crippen LogP contribution in [0.2, 0.25) is 5.02 Å². The Morgan fingerprint density at radius 2 is 2.05 bits per heavy atom. The molecule has 2 aromatic rings. The first-order valence-electron chi connectivity index (χ1n) is 6.46. The molecule has 2 rings (SSSR count). The zero-order chi connectivity index (χ0) is 15.4. The van der Waals surface area contributed by atoms with Crippen molar-refractivity contribution < 1.29 is 14.6 Å².